The minimum Gasteiger partial charge on any atom is -0.495 e. The Labute approximate surface area is 175 Å². The summed E-state index contributed by atoms with van der Waals surface area (Å²) in [7, 11) is 4.69. The molecule has 1 aliphatic heterocycles. The maximum atomic E-state index is 13.3. The van der Waals surface area contributed by atoms with Crippen LogP contribution in [0.1, 0.15) is 35.5 Å². The summed E-state index contributed by atoms with van der Waals surface area (Å²) in [6.07, 6.45) is 3.87. The van der Waals surface area contributed by atoms with E-state index in [4.69, 9.17) is 18.9 Å². The molecule has 0 radical (unpaired) electrons. The molecule has 0 saturated heterocycles. The van der Waals surface area contributed by atoms with Gasteiger partial charge in [0.2, 0.25) is 5.78 Å². The molecule has 3 aromatic rings. The average Bonchev–Trinajstić information content (AvgIpc) is 2.75. The summed E-state index contributed by atoms with van der Waals surface area (Å²) in [6.45, 7) is 3.94. The first-order valence-corrected chi connectivity index (χ1v) is 9.53. The minimum absolute atomic E-state index is 0.232. The van der Waals surface area contributed by atoms with E-state index in [1.54, 1.807) is 45.6 Å². The summed E-state index contributed by atoms with van der Waals surface area (Å²) < 4.78 is 22.3. The van der Waals surface area contributed by atoms with Crippen LogP contribution >= 0.6 is 0 Å². The lowest BCUT2D eigenvalue weighted by molar-refractivity contribution is 0.103. The molecule has 30 heavy (non-hydrogen) atoms. The van der Waals surface area contributed by atoms with Crippen molar-refractivity contribution in [3.8, 4) is 23.0 Å². The number of pyridine rings is 1. The Bertz CT molecular complexity index is 1180. The number of carbonyl (C=O) groups excluding carboxylic acids is 1. The lowest BCUT2D eigenvalue weighted by Crippen LogP contribution is -2.27. The predicted molar refractivity (Wildman–Crippen MR) is 115 cm³/mol. The van der Waals surface area contributed by atoms with Crippen LogP contribution < -0.4 is 18.9 Å². The van der Waals surface area contributed by atoms with Gasteiger partial charge in [-0.2, -0.15) is 0 Å². The highest BCUT2D eigenvalue weighted by Gasteiger charge is 2.27. The third kappa shape index (κ3) is 3.34. The molecule has 0 atom stereocenters. The number of carbonyl (C=O) groups is 1. The van der Waals surface area contributed by atoms with Crippen LogP contribution in [0.4, 0.5) is 0 Å². The van der Waals surface area contributed by atoms with Crippen LogP contribution in [0.15, 0.2) is 42.5 Å². The van der Waals surface area contributed by atoms with E-state index >= 15 is 0 Å². The SMILES string of the molecule is COc1cc2ccc(C(=O)c3ccc4c(c3OC)C=CC(C)(C)O4)nc2cc1OC. The molecule has 1 aromatic heterocycles. The Morgan fingerprint density at radius 2 is 1.70 bits per heavy atom. The molecule has 0 aliphatic carbocycles. The molecule has 0 amide bonds. The Morgan fingerprint density at radius 1 is 0.967 bits per heavy atom. The zero-order valence-corrected chi connectivity index (χ0v) is 17.6. The molecular formula is C24H23NO5. The Balaban J connectivity index is 1.79. The van der Waals surface area contributed by atoms with Crippen LogP contribution in [-0.4, -0.2) is 37.7 Å². The molecular weight excluding hydrogens is 382 g/mol. The maximum Gasteiger partial charge on any atom is 0.215 e. The van der Waals surface area contributed by atoms with Crippen molar-refractivity contribution in [2.45, 2.75) is 19.4 Å². The van der Waals surface area contributed by atoms with E-state index in [0.29, 0.717) is 39.8 Å². The first-order valence-electron chi connectivity index (χ1n) is 9.53. The van der Waals surface area contributed by atoms with E-state index in [9.17, 15) is 4.79 Å². The van der Waals surface area contributed by atoms with Gasteiger partial charge in [-0.05, 0) is 50.3 Å². The smallest absolute Gasteiger partial charge is 0.215 e. The van der Waals surface area contributed by atoms with E-state index in [0.717, 1.165) is 10.9 Å². The third-order valence-corrected chi connectivity index (χ3v) is 5.06. The van der Waals surface area contributed by atoms with E-state index in [-0.39, 0.29) is 5.78 Å². The normalized spacial score (nSPS) is 14.0. The maximum absolute atomic E-state index is 13.3. The molecule has 154 valence electrons. The predicted octanol–water partition coefficient (Wildman–Crippen LogP) is 4.68. The molecule has 1 aliphatic rings. The van der Waals surface area contributed by atoms with Gasteiger partial charge in [0.1, 0.15) is 22.8 Å². The summed E-state index contributed by atoms with van der Waals surface area (Å²) in [4.78, 5) is 17.9. The van der Waals surface area contributed by atoms with Gasteiger partial charge >= 0.3 is 0 Å². The summed E-state index contributed by atoms with van der Waals surface area (Å²) in [5.41, 5.74) is 1.71. The monoisotopic (exact) mass is 405 g/mol. The molecule has 0 bridgehead atoms. The number of benzene rings is 2. The summed E-state index contributed by atoms with van der Waals surface area (Å²) in [5, 5.41) is 0.847. The summed E-state index contributed by atoms with van der Waals surface area (Å²) in [5.74, 6) is 2.08. The van der Waals surface area contributed by atoms with Crippen molar-refractivity contribution in [1.82, 2.24) is 4.98 Å². The fraction of sp³-hybridized carbons (Fsp3) is 0.250. The molecule has 2 aromatic carbocycles. The highest BCUT2D eigenvalue weighted by atomic mass is 16.5. The van der Waals surface area contributed by atoms with Crippen LogP contribution in [0.5, 0.6) is 23.0 Å². The van der Waals surface area contributed by atoms with Gasteiger partial charge in [-0.15, -0.1) is 0 Å². The summed E-state index contributed by atoms with van der Waals surface area (Å²) >= 11 is 0. The molecule has 0 N–H and O–H groups in total. The van der Waals surface area contributed by atoms with Gasteiger partial charge in [0.05, 0.1) is 38.0 Å². The van der Waals surface area contributed by atoms with Crippen LogP contribution in [0.2, 0.25) is 0 Å². The van der Waals surface area contributed by atoms with Crippen LogP contribution in [0, 0.1) is 0 Å². The first kappa shape index (κ1) is 19.8. The second-order valence-electron chi connectivity index (χ2n) is 7.52. The van der Waals surface area contributed by atoms with Crippen molar-refractivity contribution < 1.29 is 23.7 Å². The highest BCUT2D eigenvalue weighted by Crippen LogP contribution is 2.40. The van der Waals surface area contributed by atoms with E-state index in [1.807, 2.05) is 38.1 Å². The van der Waals surface area contributed by atoms with Gasteiger partial charge in [-0.3, -0.25) is 4.79 Å². The van der Waals surface area contributed by atoms with Crippen LogP contribution in [0.25, 0.3) is 17.0 Å². The Kier molecular flexibility index (Phi) is 4.86. The van der Waals surface area contributed by atoms with Gasteiger partial charge in [-0.25, -0.2) is 4.98 Å². The van der Waals surface area contributed by atoms with Gasteiger partial charge in [0.25, 0.3) is 0 Å². The number of hydrogen-bond donors (Lipinski definition) is 0. The molecule has 2 heterocycles. The van der Waals surface area contributed by atoms with Crippen molar-refractivity contribution in [1.29, 1.82) is 0 Å². The molecule has 6 heteroatoms. The third-order valence-electron chi connectivity index (χ3n) is 5.06. The van der Waals surface area contributed by atoms with Crippen molar-refractivity contribution in [3.05, 3.63) is 59.3 Å². The van der Waals surface area contributed by atoms with Crippen LogP contribution in [0.3, 0.4) is 0 Å². The number of hydrogen-bond acceptors (Lipinski definition) is 6. The number of methoxy groups -OCH3 is 3. The van der Waals surface area contributed by atoms with Gasteiger partial charge in [0.15, 0.2) is 11.5 Å². The Morgan fingerprint density at radius 3 is 2.40 bits per heavy atom. The fourth-order valence-corrected chi connectivity index (χ4v) is 3.54. The first-order chi connectivity index (χ1) is 14.4. The van der Waals surface area contributed by atoms with Crippen molar-refractivity contribution >= 4 is 22.8 Å². The average molecular weight is 405 g/mol. The number of ketones is 1. The number of nitrogens with zero attached hydrogens (tertiary/aromatic N) is 1. The second-order valence-corrected chi connectivity index (χ2v) is 7.52. The quantitative estimate of drug-likeness (QED) is 0.575. The molecule has 0 fully saturated rings. The topological polar surface area (TPSA) is 66.9 Å². The van der Waals surface area contributed by atoms with Crippen LogP contribution in [-0.2, 0) is 0 Å². The lowest BCUT2D eigenvalue weighted by atomic mass is 9.97. The van der Waals surface area contributed by atoms with Crippen molar-refractivity contribution in [2.24, 2.45) is 0 Å². The molecule has 0 saturated carbocycles. The van der Waals surface area contributed by atoms with E-state index in [2.05, 4.69) is 4.98 Å². The van der Waals surface area contributed by atoms with Crippen molar-refractivity contribution in [3.63, 3.8) is 0 Å². The van der Waals surface area contributed by atoms with Gasteiger partial charge < -0.3 is 18.9 Å². The molecule has 0 unspecified atom stereocenters. The Hall–Kier alpha value is -3.54. The van der Waals surface area contributed by atoms with Gasteiger partial charge in [-0.1, -0.05) is 6.07 Å². The number of fused-ring (bicyclic) bond motifs is 2. The number of aromatic nitrogens is 1. The number of ether oxygens (including phenoxy) is 4. The fourth-order valence-electron chi connectivity index (χ4n) is 3.54. The van der Waals surface area contributed by atoms with Gasteiger partial charge in [0, 0.05) is 11.5 Å². The van der Waals surface area contributed by atoms with E-state index in [1.165, 1.54) is 0 Å². The summed E-state index contributed by atoms with van der Waals surface area (Å²) in [6, 6.07) is 10.6. The van der Waals surface area contributed by atoms with E-state index < -0.39 is 5.60 Å². The number of rotatable bonds is 5. The zero-order chi connectivity index (χ0) is 21.5. The highest BCUT2D eigenvalue weighted by molar-refractivity contribution is 6.11. The molecule has 4 rings (SSSR count). The van der Waals surface area contributed by atoms with Crippen molar-refractivity contribution in [2.75, 3.05) is 21.3 Å². The lowest BCUT2D eigenvalue weighted by Gasteiger charge is -2.29. The standard InChI is InChI=1S/C24H23NO5/c1-24(2)11-10-15-19(30-24)9-7-16(23(15)29-5)22(26)17-8-6-14-12-20(27-3)21(28-4)13-18(14)25-17/h6-13H,1-5H3. The zero-order valence-electron chi connectivity index (χ0n) is 17.6. The molecule has 6 nitrogen and oxygen atoms in total. The minimum atomic E-state index is -0.413. The largest absolute Gasteiger partial charge is 0.495 e. The molecule has 0 spiro atoms. The second kappa shape index (κ2) is 7.37.